The van der Waals surface area contributed by atoms with Gasteiger partial charge in [0, 0.05) is 44.6 Å². The van der Waals surface area contributed by atoms with Crippen LogP contribution in [0.1, 0.15) is 31.4 Å². The molecule has 1 N–H and O–H groups in total. The van der Waals surface area contributed by atoms with E-state index in [-0.39, 0.29) is 0 Å². The Morgan fingerprint density at radius 3 is 2.70 bits per heavy atom. The smallest absolute Gasteiger partial charge is 0.227 e. The Morgan fingerprint density at radius 1 is 1.22 bits per heavy atom. The molecule has 1 fully saturated rings. The van der Waals surface area contributed by atoms with Crippen molar-refractivity contribution < 1.29 is 0 Å². The summed E-state index contributed by atoms with van der Waals surface area (Å²) in [6.07, 6.45) is 12.6. The number of nitrogens with one attached hydrogen (secondary N) is 1. The number of rotatable bonds is 7. The Balaban J connectivity index is 1.77. The number of pyridine rings is 1. The van der Waals surface area contributed by atoms with Crippen molar-refractivity contribution in [2.45, 2.75) is 25.7 Å². The van der Waals surface area contributed by atoms with Crippen LogP contribution in [0.4, 0.5) is 11.6 Å². The molecule has 3 rings (SSSR count). The van der Waals surface area contributed by atoms with Gasteiger partial charge in [-0.3, -0.25) is 4.98 Å². The van der Waals surface area contributed by atoms with Crippen LogP contribution >= 0.6 is 0 Å². The number of allylic oxidation sites excluding steroid dienone is 1. The van der Waals surface area contributed by atoms with Gasteiger partial charge >= 0.3 is 0 Å². The summed E-state index contributed by atoms with van der Waals surface area (Å²) in [6, 6.07) is 5.79. The van der Waals surface area contributed by atoms with E-state index in [1.54, 1.807) is 12.4 Å². The van der Waals surface area contributed by atoms with Crippen molar-refractivity contribution in [2.75, 3.05) is 19.4 Å². The number of hydrogen-bond donors (Lipinski definition) is 1. The maximum atomic E-state index is 4.68. The van der Waals surface area contributed by atoms with Crippen LogP contribution in [0.15, 0.2) is 43.0 Å². The summed E-state index contributed by atoms with van der Waals surface area (Å²) in [6.45, 7) is 0. The minimum Gasteiger partial charge on any atom is -0.383 e. The zero-order valence-corrected chi connectivity index (χ0v) is 13.7. The highest BCUT2D eigenvalue weighted by Gasteiger charge is 2.21. The Labute approximate surface area is 137 Å². The topological polar surface area (TPSA) is 53.9 Å². The van der Waals surface area contributed by atoms with Gasteiger partial charge in [-0.25, -0.2) is 9.97 Å². The Morgan fingerprint density at radius 2 is 2.00 bits per heavy atom. The monoisotopic (exact) mass is 309 g/mol. The van der Waals surface area contributed by atoms with E-state index in [9.17, 15) is 0 Å². The van der Waals surface area contributed by atoms with E-state index in [2.05, 4.69) is 45.5 Å². The molecule has 0 saturated heterocycles. The van der Waals surface area contributed by atoms with Gasteiger partial charge in [-0.15, -0.1) is 0 Å². The molecule has 0 aliphatic heterocycles. The molecule has 2 aromatic rings. The van der Waals surface area contributed by atoms with Gasteiger partial charge in [0.15, 0.2) is 0 Å². The molecule has 0 aromatic carbocycles. The first-order valence-corrected chi connectivity index (χ1v) is 8.08. The SMILES string of the molecule is CN(C)/C=C(/CCC1CC1)c1ccnc(Nc2ccncc2)n1. The number of aromatic nitrogens is 3. The lowest BCUT2D eigenvalue weighted by molar-refractivity contribution is 0.562. The van der Waals surface area contributed by atoms with Crippen molar-refractivity contribution in [1.82, 2.24) is 19.9 Å². The maximum Gasteiger partial charge on any atom is 0.227 e. The average molecular weight is 309 g/mol. The number of hydrogen-bond acceptors (Lipinski definition) is 5. The third-order valence-electron chi connectivity index (χ3n) is 3.85. The van der Waals surface area contributed by atoms with E-state index in [0.717, 1.165) is 23.7 Å². The van der Waals surface area contributed by atoms with Crippen LogP contribution in [0.2, 0.25) is 0 Å². The van der Waals surface area contributed by atoms with E-state index in [0.29, 0.717) is 5.95 Å². The van der Waals surface area contributed by atoms with E-state index in [1.165, 1.54) is 24.8 Å². The molecular weight excluding hydrogens is 286 g/mol. The largest absolute Gasteiger partial charge is 0.383 e. The normalized spacial score (nSPS) is 14.6. The molecule has 5 heteroatoms. The summed E-state index contributed by atoms with van der Waals surface area (Å²) in [7, 11) is 4.10. The molecule has 120 valence electrons. The van der Waals surface area contributed by atoms with Gasteiger partial charge in [0.25, 0.3) is 0 Å². The van der Waals surface area contributed by atoms with Crippen LogP contribution < -0.4 is 5.32 Å². The lowest BCUT2D eigenvalue weighted by Crippen LogP contribution is -2.05. The molecule has 0 amide bonds. The predicted octanol–water partition coefficient (Wildman–Crippen LogP) is 3.71. The second-order valence-electron chi connectivity index (χ2n) is 6.23. The first-order chi connectivity index (χ1) is 11.2. The summed E-state index contributed by atoms with van der Waals surface area (Å²) in [4.78, 5) is 15.1. The van der Waals surface area contributed by atoms with Crippen molar-refractivity contribution in [1.29, 1.82) is 0 Å². The lowest BCUT2D eigenvalue weighted by atomic mass is 10.1. The van der Waals surface area contributed by atoms with Gasteiger partial charge < -0.3 is 10.2 Å². The lowest BCUT2D eigenvalue weighted by Gasteiger charge is -2.13. The van der Waals surface area contributed by atoms with Crippen LogP contribution in [0.3, 0.4) is 0 Å². The molecule has 2 heterocycles. The molecule has 0 atom stereocenters. The van der Waals surface area contributed by atoms with Crippen molar-refractivity contribution in [3.63, 3.8) is 0 Å². The summed E-state index contributed by atoms with van der Waals surface area (Å²) < 4.78 is 0. The molecule has 1 aliphatic carbocycles. The minimum absolute atomic E-state index is 0.616. The van der Waals surface area contributed by atoms with E-state index in [4.69, 9.17) is 0 Å². The summed E-state index contributed by atoms with van der Waals surface area (Å²) >= 11 is 0. The second-order valence-corrected chi connectivity index (χ2v) is 6.23. The van der Waals surface area contributed by atoms with E-state index >= 15 is 0 Å². The van der Waals surface area contributed by atoms with Crippen LogP contribution in [-0.4, -0.2) is 33.9 Å². The Bertz CT molecular complexity index is 662. The number of nitrogens with zero attached hydrogens (tertiary/aromatic N) is 4. The predicted molar refractivity (Wildman–Crippen MR) is 93.2 cm³/mol. The molecule has 2 aromatic heterocycles. The second kappa shape index (κ2) is 7.22. The molecule has 1 aliphatic rings. The minimum atomic E-state index is 0.616. The Kier molecular flexibility index (Phi) is 4.86. The standard InChI is InChI=1S/C18H23N5/c1-23(2)13-15(6-5-14-3-4-14)17-9-12-20-18(22-17)21-16-7-10-19-11-8-16/h7-14H,3-6H2,1-2H3,(H,19,20,21,22)/b15-13-. The van der Waals surface area contributed by atoms with Gasteiger partial charge in [0.05, 0.1) is 5.69 Å². The van der Waals surface area contributed by atoms with Crippen molar-refractivity contribution >= 4 is 17.2 Å². The average Bonchev–Trinajstić information content (AvgIpc) is 3.37. The van der Waals surface area contributed by atoms with Gasteiger partial charge in [0.2, 0.25) is 5.95 Å². The molecular formula is C18H23N5. The third kappa shape index (κ3) is 4.77. The van der Waals surface area contributed by atoms with Gasteiger partial charge in [-0.05, 0) is 42.5 Å². The molecule has 0 bridgehead atoms. The van der Waals surface area contributed by atoms with Crippen molar-refractivity contribution in [3.05, 3.63) is 48.7 Å². The summed E-state index contributed by atoms with van der Waals surface area (Å²) in [5.41, 5.74) is 3.20. The van der Waals surface area contributed by atoms with E-state index in [1.807, 2.05) is 24.4 Å². The fourth-order valence-corrected chi connectivity index (χ4v) is 2.50. The molecule has 23 heavy (non-hydrogen) atoms. The van der Waals surface area contributed by atoms with Gasteiger partial charge in [0.1, 0.15) is 0 Å². The highest BCUT2D eigenvalue weighted by Crippen LogP contribution is 2.36. The highest BCUT2D eigenvalue weighted by molar-refractivity contribution is 5.63. The molecule has 5 nitrogen and oxygen atoms in total. The van der Waals surface area contributed by atoms with Crippen LogP contribution in [0.25, 0.3) is 5.57 Å². The first-order valence-electron chi connectivity index (χ1n) is 8.08. The fourth-order valence-electron chi connectivity index (χ4n) is 2.50. The van der Waals surface area contributed by atoms with Crippen molar-refractivity contribution in [2.24, 2.45) is 5.92 Å². The summed E-state index contributed by atoms with van der Waals surface area (Å²) in [5, 5.41) is 3.23. The third-order valence-corrected chi connectivity index (χ3v) is 3.85. The van der Waals surface area contributed by atoms with Gasteiger partial charge in [-0.2, -0.15) is 0 Å². The van der Waals surface area contributed by atoms with Crippen LogP contribution in [0, 0.1) is 5.92 Å². The Hall–Kier alpha value is -2.43. The maximum absolute atomic E-state index is 4.68. The zero-order valence-electron chi connectivity index (χ0n) is 13.7. The van der Waals surface area contributed by atoms with Crippen LogP contribution in [-0.2, 0) is 0 Å². The van der Waals surface area contributed by atoms with Crippen molar-refractivity contribution in [3.8, 4) is 0 Å². The molecule has 0 spiro atoms. The zero-order chi connectivity index (χ0) is 16.1. The summed E-state index contributed by atoms with van der Waals surface area (Å²) in [5.74, 6) is 1.53. The first kappa shape index (κ1) is 15.5. The molecule has 1 saturated carbocycles. The van der Waals surface area contributed by atoms with E-state index < -0.39 is 0 Å². The van der Waals surface area contributed by atoms with Gasteiger partial charge in [-0.1, -0.05) is 12.8 Å². The van der Waals surface area contributed by atoms with Crippen LogP contribution in [0.5, 0.6) is 0 Å². The quantitative estimate of drug-likeness (QED) is 0.845. The number of anilines is 2. The molecule has 0 unspecified atom stereocenters. The molecule has 0 radical (unpaired) electrons. The fraction of sp³-hybridized carbons (Fsp3) is 0.389. The highest BCUT2D eigenvalue weighted by atomic mass is 15.1.